The van der Waals surface area contributed by atoms with E-state index in [1.165, 1.54) is 27.7 Å². The highest BCUT2D eigenvalue weighted by atomic mass is 16.2. The fraction of sp³-hybridized carbons (Fsp3) is 0.133. The number of aromatic nitrogens is 6. The van der Waals surface area contributed by atoms with Crippen molar-refractivity contribution in [1.82, 2.24) is 34.4 Å². The van der Waals surface area contributed by atoms with E-state index in [-0.39, 0.29) is 11.1 Å². The maximum absolute atomic E-state index is 14.1. The molecule has 40 heavy (non-hydrogen) atoms. The summed E-state index contributed by atoms with van der Waals surface area (Å²) in [5.74, 6) is 6.53. The van der Waals surface area contributed by atoms with Crippen LogP contribution in [-0.4, -0.2) is 41.2 Å². The first-order chi connectivity index (χ1) is 19.4. The molecular weight excluding hydrogens is 504 g/mol. The van der Waals surface area contributed by atoms with E-state index in [4.69, 9.17) is 4.98 Å². The normalized spacial score (nSPS) is 11.8. The van der Waals surface area contributed by atoms with Crippen molar-refractivity contribution in [3.8, 4) is 17.5 Å². The number of benzene rings is 2. The summed E-state index contributed by atoms with van der Waals surface area (Å²) >= 11 is 0. The molecule has 10 heteroatoms. The molecule has 1 amide bonds. The van der Waals surface area contributed by atoms with Gasteiger partial charge in [0.2, 0.25) is 0 Å². The molecule has 3 aromatic heterocycles. The molecule has 2 aromatic carbocycles. The number of carbonyl (C=O) groups is 1. The van der Waals surface area contributed by atoms with E-state index >= 15 is 0 Å². The van der Waals surface area contributed by atoms with Gasteiger partial charge in [0.15, 0.2) is 5.82 Å². The van der Waals surface area contributed by atoms with Crippen LogP contribution in [0.25, 0.3) is 16.6 Å². The average molecular weight is 531 g/mol. The van der Waals surface area contributed by atoms with Crippen molar-refractivity contribution >= 4 is 28.8 Å². The number of aryl methyl sites for hydroxylation is 2. The second kappa shape index (κ2) is 11.0. The number of nitrogens with one attached hydrogen (secondary N) is 1. The van der Waals surface area contributed by atoms with Crippen molar-refractivity contribution in [3.05, 3.63) is 113 Å². The largest absolute Gasteiger partial charge is 0.342 e. The van der Waals surface area contributed by atoms with Gasteiger partial charge < -0.3 is 5.32 Å². The van der Waals surface area contributed by atoms with Crippen molar-refractivity contribution in [2.75, 3.05) is 0 Å². The number of aliphatic imine (C=N–C) groups is 1. The lowest BCUT2D eigenvalue weighted by Crippen LogP contribution is -2.33. The van der Waals surface area contributed by atoms with Gasteiger partial charge in [-0.05, 0) is 31.2 Å². The van der Waals surface area contributed by atoms with Crippen LogP contribution in [0.15, 0.2) is 89.6 Å². The van der Waals surface area contributed by atoms with Gasteiger partial charge in [-0.25, -0.2) is 9.98 Å². The number of carbonyl (C=O) groups excluding carboxylic acids is 1. The number of rotatable bonds is 6. The van der Waals surface area contributed by atoms with Gasteiger partial charge in [0.25, 0.3) is 11.5 Å². The molecule has 0 aliphatic heterocycles. The summed E-state index contributed by atoms with van der Waals surface area (Å²) in [5.41, 5.74) is 2.37. The van der Waals surface area contributed by atoms with Gasteiger partial charge in [0.05, 0.1) is 40.6 Å². The molecule has 198 valence electrons. The lowest BCUT2D eigenvalue weighted by atomic mass is 10.1. The molecule has 1 unspecified atom stereocenters. The van der Waals surface area contributed by atoms with Crippen LogP contribution >= 0.6 is 0 Å². The first-order valence-electron chi connectivity index (χ1n) is 12.5. The maximum Gasteiger partial charge on any atom is 0.267 e. The van der Waals surface area contributed by atoms with Crippen molar-refractivity contribution < 1.29 is 4.79 Å². The van der Waals surface area contributed by atoms with Gasteiger partial charge in [0, 0.05) is 32.1 Å². The van der Waals surface area contributed by atoms with Crippen molar-refractivity contribution in [2.45, 2.75) is 13.0 Å². The maximum atomic E-state index is 14.1. The predicted molar refractivity (Wildman–Crippen MR) is 154 cm³/mol. The molecule has 1 atom stereocenters. The summed E-state index contributed by atoms with van der Waals surface area (Å²) in [4.78, 5) is 36.5. The third-order valence-electron chi connectivity index (χ3n) is 6.17. The Balaban J connectivity index is 1.62. The fourth-order valence-electron chi connectivity index (χ4n) is 4.30. The van der Waals surface area contributed by atoms with Gasteiger partial charge in [-0.15, -0.1) is 0 Å². The molecule has 0 fully saturated rings. The van der Waals surface area contributed by atoms with Crippen molar-refractivity contribution in [3.63, 3.8) is 0 Å². The molecule has 10 nitrogen and oxygen atoms in total. The smallest absolute Gasteiger partial charge is 0.267 e. The molecule has 1 N–H and O–H groups in total. The van der Waals surface area contributed by atoms with Crippen molar-refractivity contribution in [1.29, 1.82) is 0 Å². The molecule has 0 spiro atoms. The predicted octanol–water partition coefficient (Wildman–Crippen LogP) is 3.63. The Morgan fingerprint density at radius 2 is 1.88 bits per heavy atom. The number of allylic oxidation sites excluding steroid dienone is 1. The fourth-order valence-corrected chi connectivity index (χ4v) is 4.30. The first-order valence-corrected chi connectivity index (χ1v) is 12.5. The standard InChI is InChI=1S/C30H26N8O2/c1-5-16-31-28-24(18-33-37(28)4)29(39)34-20(2)27-35-25-13-9-10-22(15-14-21-17-32-36(3)19-21)26(25)30(40)38(27)23-11-7-6-8-12-23/h5-13,16-20H,1H2,2-4H3,(H,34,39)/b31-16-. The molecule has 0 bridgehead atoms. The van der Waals surface area contributed by atoms with Crippen LogP contribution < -0.4 is 10.9 Å². The Hall–Kier alpha value is -5.56. The summed E-state index contributed by atoms with van der Waals surface area (Å²) in [7, 11) is 3.51. The topological polar surface area (TPSA) is 112 Å². The lowest BCUT2D eigenvalue weighted by molar-refractivity contribution is 0.0938. The summed E-state index contributed by atoms with van der Waals surface area (Å²) in [6, 6.07) is 13.9. The molecule has 0 aliphatic carbocycles. The Bertz CT molecular complexity index is 1880. The minimum Gasteiger partial charge on any atom is -0.342 e. The minimum absolute atomic E-state index is 0.287. The molecule has 0 saturated carbocycles. The number of hydrogen-bond donors (Lipinski definition) is 1. The Kier molecular flexibility index (Phi) is 7.20. The van der Waals surface area contributed by atoms with E-state index in [1.54, 1.807) is 49.2 Å². The van der Waals surface area contributed by atoms with Gasteiger partial charge in [-0.1, -0.05) is 48.8 Å². The van der Waals surface area contributed by atoms with Crippen LogP contribution in [0.2, 0.25) is 0 Å². The van der Waals surface area contributed by atoms with E-state index in [1.807, 2.05) is 37.4 Å². The molecule has 5 rings (SSSR count). The number of fused-ring (bicyclic) bond motifs is 1. The summed E-state index contributed by atoms with van der Waals surface area (Å²) in [5, 5.41) is 11.6. The Morgan fingerprint density at radius 1 is 1.07 bits per heavy atom. The van der Waals surface area contributed by atoms with Crippen LogP contribution in [0.1, 0.15) is 40.3 Å². The zero-order valence-corrected chi connectivity index (χ0v) is 22.2. The van der Waals surface area contributed by atoms with Crippen LogP contribution in [-0.2, 0) is 14.1 Å². The van der Waals surface area contributed by atoms with Crippen molar-refractivity contribution in [2.24, 2.45) is 19.1 Å². The lowest BCUT2D eigenvalue weighted by Gasteiger charge is -2.20. The number of para-hydroxylation sites is 1. The van der Waals surface area contributed by atoms with Gasteiger partial charge >= 0.3 is 0 Å². The Morgan fingerprint density at radius 3 is 2.60 bits per heavy atom. The first kappa shape index (κ1) is 26.1. The van der Waals surface area contributed by atoms with Gasteiger partial charge in [-0.3, -0.25) is 23.5 Å². The molecule has 0 aliphatic rings. The average Bonchev–Trinajstić information content (AvgIpc) is 3.55. The Labute approximate surface area is 230 Å². The quantitative estimate of drug-likeness (QED) is 0.266. The molecule has 0 radical (unpaired) electrons. The van der Waals surface area contributed by atoms with Crippen LogP contribution in [0.3, 0.4) is 0 Å². The van der Waals surface area contributed by atoms with E-state index in [9.17, 15) is 9.59 Å². The van der Waals surface area contributed by atoms with Gasteiger partial charge in [0.1, 0.15) is 11.4 Å². The molecular formula is C30H26N8O2. The van der Waals surface area contributed by atoms with Crippen LogP contribution in [0, 0.1) is 11.8 Å². The van der Waals surface area contributed by atoms with E-state index in [0.29, 0.717) is 33.8 Å². The highest BCUT2D eigenvalue weighted by molar-refractivity contribution is 5.99. The van der Waals surface area contributed by atoms with Gasteiger partial charge in [-0.2, -0.15) is 10.2 Å². The SMILES string of the molecule is C=C/C=N\c1c(C(=O)NC(C)c2nc3cccc(C#Cc4cnn(C)c4)c3c(=O)n2-c2ccccc2)cnn1C. The van der Waals surface area contributed by atoms with E-state index < -0.39 is 11.9 Å². The summed E-state index contributed by atoms with van der Waals surface area (Å²) < 4.78 is 4.68. The van der Waals surface area contributed by atoms with Crippen LogP contribution in [0.4, 0.5) is 5.82 Å². The number of nitrogens with zero attached hydrogens (tertiary/aromatic N) is 7. The van der Waals surface area contributed by atoms with Crippen LogP contribution in [0.5, 0.6) is 0 Å². The van der Waals surface area contributed by atoms with E-state index in [0.717, 1.165) is 5.56 Å². The molecule has 5 aromatic rings. The summed E-state index contributed by atoms with van der Waals surface area (Å²) in [6.45, 7) is 5.40. The van der Waals surface area contributed by atoms with E-state index in [2.05, 4.69) is 38.9 Å². The minimum atomic E-state index is -0.647. The molecule has 0 saturated heterocycles. The highest BCUT2D eigenvalue weighted by Gasteiger charge is 2.23. The summed E-state index contributed by atoms with van der Waals surface area (Å²) in [6.07, 6.45) is 7.92. The highest BCUT2D eigenvalue weighted by Crippen LogP contribution is 2.22. The molecule has 3 heterocycles. The zero-order chi connectivity index (χ0) is 28.2. The zero-order valence-electron chi connectivity index (χ0n) is 22.2. The second-order valence-electron chi connectivity index (χ2n) is 9.01. The monoisotopic (exact) mass is 530 g/mol. The third kappa shape index (κ3) is 5.08. The number of hydrogen-bond acceptors (Lipinski definition) is 6. The number of amides is 1. The third-order valence-corrected chi connectivity index (χ3v) is 6.17. The second-order valence-corrected chi connectivity index (χ2v) is 9.01.